The maximum absolute atomic E-state index is 11.6. The topological polar surface area (TPSA) is 55.1 Å². The SMILES string of the molecule is CSCC[C@H](N)C(=O)NCC1CSCCS1. The average Bonchev–Trinajstić information content (AvgIpc) is 2.34. The summed E-state index contributed by atoms with van der Waals surface area (Å²) >= 11 is 5.65. The first-order chi connectivity index (χ1) is 7.74. The molecule has 0 spiro atoms. The molecule has 3 nitrogen and oxygen atoms in total. The van der Waals surface area contributed by atoms with Gasteiger partial charge in [-0.05, 0) is 18.4 Å². The first kappa shape index (κ1) is 14.5. The van der Waals surface area contributed by atoms with Crippen LogP contribution in [-0.4, -0.2) is 53.0 Å². The van der Waals surface area contributed by atoms with E-state index in [0.29, 0.717) is 5.25 Å². The van der Waals surface area contributed by atoms with Gasteiger partial charge >= 0.3 is 0 Å². The highest BCUT2D eigenvalue weighted by molar-refractivity contribution is 8.06. The molecule has 1 rings (SSSR count). The van der Waals surface area contributed by atoms with E-state index in [-0.39, 0.29) is 11.9 Å². The van der Waals surface area contributed by atoms with Crippen molar-refractivity contribution in [2.45, 2.75) is 17.7 Å². The summed E-state index contributed by atoms with van der Waals surface area (Å²) in [5.41, 5.74) is 5.78. The Bertz CT molecular complexity index is 210. The van der Waals surface area contributed by atoms with Gasteiger partial charge in [-0.25, -0.2) is 0 Å². The molecular weight excluding hydrogens is 260 g/mol. The summed E-state index contributed by atoms with van der Waals surface area (Å²) in [5, 5.41) is 3.52. The molecule has 0 saturated carbocycles. The van der Waals surface area contributed by atoms with Crippen LogP contribution in [0.4, 0.5) is 0 Å². The van der Waals surface area contributed by atoms with E-state index < -0.39 is 0 Å². The summed E-state index contributed by atoms with van der Waals surface area (Å²) < 4.78 is 0. The lowest BCUT2D eigenvalue weighted by Crippen LogP contribution is -2.44. The van der Waals surface area contributed by atoms with E-state index in [2.05, 4.69) is 5.32 Å². The molecule has 2 atom stereocenters. The minimum absolute atomic E-state index is 0.00484. The highest BCUT2D eigenvalue weighted by Crippen LogP contribution is 2.23. The third-order valence-corrected chi connectivity index (χ3v) is 5.85. The molecule has 6 heteroatoms. The summed E-state index contributed by atoms with van der Waals surface area (Å²) in [6.45, 7) is 0.767. The molecule has 1 aliphatic heterocycles. The standard InChI is InChI=1S/C10H20N2OS3/c1-14-3-2-9(11)10(13)12-6-8-7-15-4-5-16-8/h8-9H,2-7,11H2,1H3,(H,12,13)/t8?,9-/m0/s1. The molecule has 0 radical (unpaired) electrons. The van der Waals surface area contributed by atoms with Crippen LogP contribution in [-0.2, 0) is 4.79 Å². The van der Waals surface area contributed by atoms with Crippen LogP contribution < -0.4 is 11.1 Å². The normalized spacial score (nSPS) is 22.8. The summed E-state index contributed by atoms with van der Waals surface area (Å²) in [5.74, 6) is 4.53. The molecule has 1 heterocycles. The summed E-state index contributed by atoms with van der Waals surface area (Å²) in [6, 6.07) is -0.339. The van der Waals surface area contributed by atoms with Gasteiger partial charge in [0.05, 0.1) is 6.04 Å². The molecule has 1 fully saturated rings. The first-order valence-corrected chi connectivity index (χ1v) is 9.05. The largest absolute Gasteiger partial charge is 0.354 e. The zero-order chi connectivity index (χ0) is 11.8. The molecular formula is C10H20N2OS3. The number of carbonyl (C=O) groups is 1. The Labute approximate surface area is 110 Å². The molecule has 1 saturated heterocycles. The maximum atomic E-state index is 11.6. The zero-order valence-corrected chi connectivity index (χ0v) is 12.1. The highest BCUT2D eigenvalue weighted by Gasteiger charge is 2.17. The van der Waals surface area contributed by atoms with Crippen LogP contribution in [0.2, 0.25) is 0 Å². The van der Waals surface area contributed by atoms with E-state index >= 15 is 0 Å². The monoisotopic (exact) mass is 280 g/mol. The number of carbonyl (C=O) groups excluding carboxylic acids is 1. The van der Waals surface area contributed by atoms with Crippen molar-refractivity contribution in [1.82, 2.24) is 5.32 Å². The van der Waals surface area contributed by atoms with Gasteiger partial charge in [-0.1, -0.05) is 0 Å². The molecule has 0 bridgehead atoms. The predicted molar refractivity (Wildman–Crippen MR) is 77.6 cm³/mol. The third kappa shape index (κ3) is 5.70. The molecule has 0 aliphatic carbocycles. The Hall–Kier alpha value is 0.480. The van der Waals surface area contributed by atoms with Gasteiger partial charge < -0.3 is 11.1 Å². The molecule has 0 aromatic rings. The first-order valence-electron chi connectivity index (χ1n) is 5.45. The second-order valence-corrected chi connectivity index (χ2v) is 7.24. The van der Waals surface area contributed by atoms with Crippen LogP contribution in [0.1, 0.15) is 6.42 Å². The van der Waals surface area contributed by atoms with E-state index in [4.69, 9.17) is 5.73 Å². The van der Waals surface area contributed by atoms with Crippen molar-refractivity contribution in [2.24, 2.45) is 5.73 Å². The van der Waals surface area contributed by atoms with E-state index in [1.807, 2.05) is 29.8 Å². The smallest absolute Gasteiger partial charge is 0.236 e. The van der Waals surface area contributed by atoms with E-state index in [1.165, 1.54) is 11.5 Å². The van der Waals surface area contributed by atoms with Gasteiger partial charge in [0, 0.05) is 29.1 Å². The van der Waals surface area contributed by atoms with Gasteiger partial charge in [-0.15, -0.1) is 0 Å². The number of hydrogen-bond acceptors (Lipinski definition) is 5. The van der Waals surface area contributed by atoms with Crippen molar-refractivity contribution >= 4 is 41.2 Å². The van der Waals surface area contributed by atoms with Crippen LogP contribution in [0.5, 0.6) is 0 Å². The molecule has 1 amide bonds. The predicted octanol–water partition coefficient (Wildman–Crippen LogP) is 1.03. The van der Waals surface area contributed by atoms with Crippen LogP contribution in [0, 0.1) is 0 Å². The van der Waals surface area contributed by atoms with Gasteiger partial charge in [0.1, 0.15) is 0 Å². The lowest BCUT2D eigenvalue weighted by Gasteiger charge is -2.22. The molecule has 1 aliphatic rings. The number of hydrogen-bond donors (Lipinski definition) is 2. The fourth-order valence-electron chi connectivity index (χ4n) is 1.38. The number of nitrogens with one attached hydrogen (secondary N) is 1. The zero-order valence-electron chi connectivity index (χ0n) is 9.61. The van der Waals surface area contributed by atoms with Crippen molar-refractivity contribution in [3.05, 3.63) is 0 Å². The van der Waals surface area contributed by atoms with Crippen molar-refractivity contribution in [3.8, 4) is 0 Å². The fourth-order valence-corrected chi connectivity index (χ4v) is 4.48. The molecule has 3 N–H and O–H groups in total. The summed E-state index contributed by atoms with van der Waals surface area (Å²) in [6.07, 6.45) is 2.79. The Morgan fingerprint density at radius 1 is 1.62 bits per heavy atom. The van der Waals surface area contributed by atoms with Crippen molar-refractivity contribution < 1.29 is 4.79 Å². The van der Waals surface area contributed by atoms with Crippen LogP contribution in [0.25, 0.3) is 0 Å². The second-order valence-electron chi connectivity index (χ2n) is 3.70. The van der Waals surface area contributed by atoms with E-state index in [1.54, 1.807) is 11.8 Å². The summed E-state index contributed by atoms with van der Waals surface area (Å²) in [4.78, 5) is 11.6. The second kappa shape index (κ2) is 8.55. The summed E-state index contributed by atoms with van der Waals surface area (Å²) in [7, 11) is 0. The van der Waals surface area contributed by atoms with Gasteiger partial charge in [0.2, 0.25) is 5.91 Å². The number of thioether (sulfide) groups is 3. The number of amides is 1. The fraction of sp³-hybridized carbons (Fsp3) is 0.900. The number of rotatable bonds is 6. The molecule has 94 valence electrons. The van der Waals surface area contributed by atoms with Crippen LogP contribution in [0.3, 0.4) is 0 Å². The van der Waals surface area contributed by atoms with Crippen LogP contribution >= 0.6 is 35.3 Å². The Morgan fingerprint density at radius 2 is 2.44 bits per heavy atom. The van der Waals surface area contributed by atoms with Gasteiger partial charge in [0.25, 0.3) is 0 Å². The lowest BCUT2D eigenvalue weighted by atomic mass is 10.2. The average molecular weight is 280 g/mol. The third-order valence-electron chi connectivity index (χ3n) is 2.36. The minimum atomic E-state index is -0.339. The van der Waals surface area contributed by atoms with Crippen molar-refractivity contribution in [2.75, 3.05) is 35.8 Å². The molecule has 0 aromatic carbocycles. The lowest BCUT2D eigenvalue weighted by molar-refractivity contribution is -0.122. The minimum Gasteiger partial charge on any atom is -0.354 e. The Morgan fingerprint density at radius 3 is 3.06 bits per heavy atom. The van der Waals surface area contributed by atoms with Crippen LogP contribution in [0.15, 0.2) is 0 Å². The molecule has 0 aromatic heterocycles. The quantitative estimate of drug-likeness (QED) is 0.761. The van der Waals surface area contributed by atoms with Crippen molar-refractivity contribution in [1.29, 1.82) is 0 Å². The van der Waals surface area contributed by atoms with Gasteiger partial charge in [-0.3, -0.25) is 4.79 Å². The van der Waals surface area contributed by atoms with Gasteiger partial charge in [-0.2, -0.15) is 35.3 Å². The van der Waals surface area contributed by atoms with E-state index in [0.717, 1.165) is 24.5 Å². The number of nitrogens with two attached hydrogens (primary N) is 1. The Balaban J connectivity index is 2.12. The van der Waals surface area contributed by atoms with Gasteiger partial charge in [0.15, 0.2) is 0 Å². The molecule has 16 heavy (non-hydrogen) atoms. The van der Waals surface area contributed by atoms with Crippen molar-refractivity contribution in [3.63, 3.8) is 0 Å². The van der Waals surface area contributed by atoms with E-state index in [9.17, 15) is 4.79 Å². The maximum Gasteiger partial charge on any atom is 0.236 e. The highest BCUT2D eigenvalue weighted by atomic mass is 32.2. The Kier molecular flexibility index (Phi) is 7.77. The molecule has 1 unspecified atom stereocenters.